The quantitative estimate of drug-likeness (QED) is 0.800. The molecular weight excluding hydrogens is 272 g/mol. The van der Waals surface area contributed by atoms with Gasteiger partial charge >= 0.3 is 12.0 Å². The Morgan fingerprint density at radius 3 is 2.94 bits per heavy atom. The molecule has 1 rings (SSSR count). The van der Waals surface area contributed by atoms with Crippen molar-refractivity contribution in [3.63, 3.8) is 0 Å². The number of aliphatic carboxylic acids is 1. The maximum atomic E-state index is 12.1. The molecular formula is C11H20N2O3S2. The topological polar surface area (TPSA) is 69.6 Å². The lowest BCUT2D eigenvalue weighted by atomic mass is 10.2. The first-order valence-corrected chi connectivity index (χ1v) is 8.45. The number of nitrogens with one attached hydrogen (secondary N) is 1. The number of rotatable bonds is 5. The molecule has 0 radical (unpaired) electrons. The highest BCUT2D eigenvalue weighted by Crippen LogP contribution is 2.19. The van der Waals surface area contributed by atoms with Crippen LogP contribution in [-0.4, -0.2) is 64.1 Å². The molecule has 0 bridgehead atoms. The lowest BCUT2D eigenvalue weighted by Gasteiger charge is -2.35. The van der Waals surface area contributed by atoms with E-state index in [1.807, 2.05) is 13.2 Å². The van der Waals surface area contributed by atoms with Crippen molar-refractivity contribution in [3.05, 3.63) is 0 Å². The Morgan fingerprint density at radius 1 is 1.61 bits per heavy atom. The molecule has 0 aromatic rings. The monoisotopic (exact) mass is 292 g/mol. The summed E-state index contributed by atoms with van der Waals surface area (Å²) in [6.07, 6.45) is 2.02. The van der Waals surface area contributed by atoms with Gasteiger partial charge in [0.25, 0.3) is 0 Å². The van der Waals surface area contributed by atoms with Crippen molar-refractivity contribution in [1.82, 2.24) is 10.2 Å². The first-order valence-electron chi connectivity index (χ1n) is 5.90. The van der Waals surface area contributed by atoms with Gasteiger partial charge in [-0.25, -0.2) is 4.79 Å². The van der Waals surface area contributed by atoms with Crippen molar-refractivity contribution >= 4 is 35.5 Å². The van der Waals surface area contributed by atoms with Gasteiger partial charge in [0, 0.05) is 29.8 Å². The van der Waals surface area contributed by atoms with Crippen LogP contribution in [0.15, 0.2) is 0 Å². The van der Waals surface area contributed by atoms with Crippen molar-refractivity contribution in [2.75, 3.05) is 30.1 Å². The Labute approximate surface area is 116 Å². The average Bonchev–Trinajstić information content (AvgIpc) is 2.28. The van der Waals surface area contributed by atoms with E-state index in [9.17, 15) is 9.59 Å². The number of carboxylic acid groups (broad SMARTS) is 1. The molecule has 0 spiro atoms. The largest absolute Gasteiger partial charge is 0.481 e. The summed E-state index contributed by atoms with van der Waals surface area (Å²) in [4.78, 5) is 24.5. The van der Waals surface area contributed by atoms with Gasteiger partial charge in [-0.1, -0.05) is 0 Å². The predicted octanol–water partition coefficient (Wildman–Crippen LogP) is 1.34. The Kier molecular flexibility index (Phi) is 6.70. The zero-order chi connectivity index (χ0) is 13.5. The number of carboxylic acids is 1. The van der Waals surface area contributed by atoms with E-state index in [-0.39, 0.29) is 24.5 Å². The second kappa shape index (κ2) is 7.78. The van der Waals surface area contributed by atoms with Crippen molar-refractivity contribution in [2.24, 2.45) is 0 Å². The van der Waals surface area contributed by atoms with Crippen LogP contribution >= 0.6 is 23.5 Å². The minimum Gasteiger partial charge on any atom is -0.481 e. The molecule has 2 atom stereocenters. The number of urea groups is 1. The van der Waals surface area contributed by atoms with E-state index in [1.165, 1.54) is 0 Å². The number of hydrogen-bond acceptors (Lipinski definition) is 4. The van der Waals surface area contributed by atoms with Gasteiger partial charge in [0.2, 0.25) is 0 Å². The lowest BCUT2D eigenvalue weighted by Crippen LogP contribution is -2.53. The fourth-order valence-electron chi connectivity index (χ4n) is 1.88. The highest BCUT2D eigenvalue weighted by molar-refractivity contribution is 7.99. The number of carbonyl (C=O) groups is 2. The Bertz CT molecular complexity index is 302. The smallest absolute Gasteiger partial charge is 0.317 e. The van der Waals surface area contributed by atoms with Crippen LogP contribution in [0.3, 0.4) is 0 Å². The molecule has 2 N–H and O–H groups in total. The van der Waals surface area contributed by atoms with E-state index in [4.69, 9.17) is 5.11 Å². The Morgan fingerprint density at radius 2 is 2.33 bits per heavy atom. The summed E-state index contributed by atoms with van der Waals surface area (Å²) in [5.41, 5.74) is 0. The molecule has 18 heavy (non-hydrogen) atoms. The molecule has 5 nitrogen and oxygen atoms in total. The molecule has 0 aromatic heterocycles. The lowest BCUT2D eigenvalue weighted by molar-refractivity contribution is -0.137. The van der Waals surface area contributed by atoms with Crippen LogP contribution in [0.2, 0.25) is 0 Å². The van der Waals surface area contributed by atoms with Crippen molar-refractivity contribution in [2.45, 2.75) is 25.4 Å². The average molecular weight is 292 g/mol. The fraction of sp³-hybridized carbons (Fsp3) is 0.818. The minimum atomic E-state index is -0.850. The van der Waals surface area contributed by atoms with E-state index >= 15 is 0 Å². The van der Waals surface area contributed by atoms with Gasteiger partial charge in [-0.15, -0.1) is 0 Å². The van der Waals surface area contributed by atoms with Gasteiger partial charge in [0.1, 0.15) is 0 Å². The van der Waals surface area contributed by atoms with E-state index in [0.29, 0.717) is 12.3 Å². The van der Waals surface area contributed by atoms with Gasteiger partial charge < -0.3 is 15.3 Å². The summed E-state index contributed by atoms with van der Waals surface area (Å²) >= 11 is 3.38. The van der Waals surface area contributed by atoms with Gasteiger partial charge in [-0.05, 0) is 13.2 Å². The number of nitrogens with zero attached hydrogens (tertiary/aromatic N) is 1. The molecule has 0 aromatic carbocycles. The normalized spacial score (nSPS) is 21.4. The van der Waals surface area contributed by atoms with Gasteiger partial charge in [0.05, 0.1) is 12.5 Å². The molecule has 1 saturated heterocycles. The van der Waals surface area contributed by atoms with E-state index in [2.05, 4.69) is 5.32 Å². The first-order chi connectivity index (χ1) is 8.54. The number of hydrogen-bond donors (Lipinski definition) is 2. The Hall–Kier alpha value is -0.560. The molecule has 7 heteroatoms. The molecule has 0 aliphatic carbocycles. The third-order valence-corrected chi connectivity index (χ3v) is 4.61. The van der Waals surface area contributed by atoms with E-state index < -0.39 is 5.97 Å². The zero-order valence-electron chi connectivity index (χ0n) is 10.7. The molecule has 104 valence electrons. The Balaban J connectivity index is 2.54. The summed E-state index contributed by atoms with van der Waals surface area (Å²) in [5.74, 6) is 1.59. The molecule has 1 aliphatic rings. The highest BCUT2D eigenvalue weighted by atomic mass is 32.2. The van der Waals surface area contributed by atoms with Gasteiger partial charge in [-0.3, -0.25) is 4.79 Å². The highest BCUT2D eigenvalue weighted by Gasteiger charge is 2.29. The van der Waals surface area contributed by atoms with E-state index in [1.54, 1.807) is 28.4 Å². The fourth-order valence-corrected chi connectivity index (χ4v) is 3.52. The SMILES string of the molecule is CSCC(C)NC(=O)N1CCSCC1CC(=O)O. The molecule has 2 unspecified atom stereocenters. The standard InChI is InChI=1S/C11H20N2O3S2/c1-8(6-17-2)12-11(16)13-3-4-18-7-9(13)5-10(14)15/h8-9H,3-7H2,1-2H3,(H,12,16)(H,14,15). The summed E-state index contributed by atoms with van der Waals surface area (Å²) in [7, 11) is 0. The molecule has 1 aliphatic heterocycles. The molecule has 1 heterocycles. The summed E-state index contributed by atoms with van der Waals surface area (Å²) in [6.45, 7) is 2.58. The van der Waals surface area contributed by atoms with Crippen LogP contribution in [0.1, 0.15) is 13.3 Å². The van der Waals surface area contributed by atoms with Crippen LogP contribution in [0.5, 0.6) is 0 Å². The van der Waals surface area contributed by atoms with Crippen molar-refractivity contribution in [3.8, 4) is 0 Å². The number of thioether (sulfide) groups is 2. The van der Waals surface area contributed by atoms with E-state index in [0.717, 1.165) is 11.5 Å². The zero-order valence-corrected chi connectivity index (χ0v) is 12.4. The van der Waals surface area contributed by atoms with Crippen LogP contribution < -0.4 is 5.32 Å². The second-order valence-corrected chi connectivity index (χ2v) is 6.39. The summed E-state index contributed by atoms with van der Waals surface area (Å²) in [5, 5.41) is 11.8. The van der Waals surface area contributed by atoms with Crippen molar-refractivity contribution in [1.29, 1.82) is 0 Å². The minimum absolute atomic E-state index is 0.0251. The van der Waals surface area contributed by atoms with Gasteiger partial charge in [-0.2, -0.15) is 23.5 Å². The van der Waals surface area contributed by atoms with Crippen LogP contribution in [0.25, 0.3) is 0 Å². The maximum absolute atomic E-state index is 12.1. The van der Waals surface area contributed by atoms with Crippen LogP contribution in [0, 0.1) is 0 Å². The third-order valence-electron chi connectivity index (χ3n) is 2.69. The number of amides is 2. The predicted molar refractivity (Wildman–Crippen MR) is 76.4 cm³/mol. The molecule has 0 saturated carbocycles. The summed E-state index contributed by atoms with van der Waals surface area (Å²) in [6, 6.07) is -0.224. The van der Waals surface area contributed by atoms with Crippen LogP contribution in [0.4, 0.5) is 4.79 Å². The second-order valence-electron chi connectivity index (χ2n) is 4.33. The molecule has 2 amide bonds. The first kappa shape index (κ1) is 15.5. The van der Waals surface area contributed by atoms with Gasteiger partial charge in [0.15, 0.2) is 0 Å². The summed E-state index contributed by atoms with van der Waals surface area (Å²) < 4.78 is 0. The third kappa shape index (κ3) is 4.97. The van der Waals surface area contributed by atoms with Crippen molar-refractivity contribution < 1.29 is 14.7 Å². The molecule has 1 fully saturated rings. The maximum Gasteiger partial charge on any atom is 0.317 e. The number of carbonyl (C=O) groups excluding carboxylic acids is 1. The van der Waals surface area contributed by atoms with Crippen LogP contribution in [-0.2, 0) is 4.79 Å².